The number of hydrogen-bond donors (Lipinski definition) is 2. The summed E-state index contributed by atoms with van der Waals surface area (Å²) < 4.78 is 41.1. The smallest absolute Gasteiger partial charge is 0.419 e. The van der Waals surface area contributed by atoms with E-state index in [1.807, 2.05) is 0 Å². The van der Waals surface area contributed by atoms with Gasteiger partial charge in [0.1, 0.15) is 5.60 Å². The third-order valence-electron chi connectivity index (χ3n) is 5.35. The fraction of sp³-hybridized carbons (Fsp3) is 0.292. The van der Waals surface area contributed by atoms with Crippen LogP contribution in [0.5, 0.6) is 11.5 Å². The van der Waals surface area contributed by atoms with Gasteiger partial charge in [-0.2, -0.15) is 8.42 Å². The van der Waals surface area contributed by atoms with E-state index in [1.54, 1.807) is 26.8 Å². The fourth-order valence-electron chi connectivity index (χ4n) is 4.03. The van der Waals surface area contributed by atoms with Crippen molar-refractivity contribution in [2.24, 2.45) is 0 Å². The Hall–Kier alpha value is -4.06. The number of rotatable bonds is 5. The van der Waals surface area contributed by atoms with Gasteiger partial charge < -0.3 is 24.1 Å². The summed E-state index contributed by atoms with van der Waals surface area (Å²) in [5.41, 5.74) is 0.319. The molecule has 2 heterocycles. The Labute approximate surface area is 206 Å². The molecule has 12 heteroatoms. The molecule has 0 saturated carbocycles. The van der Waals surface area contributed by atoms with Crippen LogP contribution in [0.25, 0.3) is 22.2 Å². The van der Waals surface area contributed by atoms with Crippen LogP contribution in [0.2, 0.25) is 0 Å². The lowest BCUT2D eigenvalue weighted by Gasteiger charge is -2.22. The van der Waals surface area contributed by atoms with Crippen LogP contribution >= 0.6 is 0 Å². The second-order valence-electron chi connectivity index (χ2n) is 9.20. The third-order valence-corrected chi connectivity index (χ3v) is 5.82. The molecule has 0 unspecified atom stereocenters. The van der Waals surface area contributed by atoms with E-state index < -0.39 is 33.7 Å². The molecule has 3 aromatic rings. The van der Waals surface area contributed by atoms with Gasteiger partial charge in [-0.3, -0.25) is 4.79 Å². The number of aromatic nitrogens is 1. The Morgan fingerprint density at radius 1 is 1.14 bits per heavy atom. The Kier molecular flexibility index (Phi) is 5.95. The monoisotopic (exact) mass is 516 g/mol. The average molecular weight is 517 g/mol. The van der Waals surface area contributed by atoms with Crippen molar-refractivity contribution in [3.8, 4) is 22.8 Å². The normalized spacial score (nSPS) is 13.3. The minimum Gasteiger partial charge on any atom is -0.493 e. The minimum absolute atomic E-state index is 0.00726. The molecule has 0 aliphatic carbocycles. The quantitative estimate of drug-likeness (QED) is 0.486. The van der Waals surface area contributed by atoms with Crippen LogP contribution in [0.1, 0.15) is 47.1 Å². The van der Waals surface area contributed by atoms with Gasteiger partial charge >= 0.3 is 22.2 Å². The zero-order valence-electron chi connectivity index (χ0n) is 20.2. The van der Waals surface area contributed by atoms with Gasteiger partial charge in [0.2, 0.25) is 0 Å². The summed E-state index contributed by atoms with van der Waals surface area (Å²) in [4.78, 5) is 37.7. The first-order valence-electron chi connectivity index (χ1n) is 10.7. The van der Waals surface area contributed by atoms with Crippen LogP contribution in [-0.2, 0) is 21.4 Å². The molecule has 0 radical (unpaired) electrons. The van der Waals surface area contributed by atoms with Crippen LogP contribution in [0.4, 0.5) is 4.79 Å². The number of aromatic carboxylic acids is 1. The summed E-state index contributed by atoms with van der Waals surface area (Å²) in [6, 6.07) is 7.20. The predicted octanol–water partition coefficient (Wildman–Crippen LogP) is 3.38. The maximum absolute atomic E-state index is 13.3. The van der Waals surface area contributed by atoms with E-state index in [1.165, 1.54) is 35.9 Å². The highest BCUT2D eigenvalue weighted by molar-refractivity contribution is 7.86. The molecule has 1 amide bonds. The van der Waals surface area contributed by atoms with E-state index in [0.717, 1.165) is 6.26 Å². The molecular weight excluding hydrogens is 492 g/mol. The van der Waals surface area contributed by atoms with Crippen molar-refractivity contribution in [1.29, 1.82) is 0 Å². The van der Waals surface area contributed by atoms with Crippen molar-refractivity contribution >= 4 is 39.0 Å². The number of benzene rings is 2. The molecular formula is C24H24N2O9S. The van der Waals surface area contributed by atoms with E-state index in [-0.39, 0.29) is 46.0 Å². The van der Waals surface area contributed by atoms with Gasteiger partial charge in [0.15, 0.2) is 11.5 Å². The number of carboxylic acids is 1. The van der Waals surface area contributed by atoms with Crippen molar-refractivity contribution < 1.29 is 41.6 Å². The molecule has 11 nitrogen and oxygen atoms in total. The summed E-state index contributed by atoms with van der Waals surface area (Å²) >= 11 is 0. The lowest BCUT2D eigenvalue weighted by atomic mass is 9.98. The summed E-state index contributed by atoms with van der Waals surface area (Å²) in [5, 5.41) is 12.5. The van der Waals surface area contributed by atoms with Crippen LogP contribution in [0, 0.1) is 0 Å². The molecule has 0 bridgehead atoms. The number of carbonyl (C=O) groups excluding carboxylic acids is 2. The van der Waals surface area contributed by atoms with Gasteiger partial charge in [0, 0.05) is 23.1 Å². The number of fused-ring (bicyclic) bond motifs is 2. The topological polar surface area (TPSA) is 150 Å². The largest absolute Gasteiger partial charge is 0.493 e. The molecule has 0 atom stereocenters. The predicted molar refractivity (Wildman–Crippen MR) is 129 cm³/mol. The lowest BCUT2D eigenvalue weighted by Crippen LogP contribution is -2.27. The zero-order chi connectivity index (χ0) is 26.6. The molecule has 1 aliphatic heterocycles. The number of carboxylic acid groups (broad SMARTS) is 1. The number of ether oxygens (including phenoxy) is 2. The molecule has 36 heavy (non-hydrogen) atoms. The SMILES string of the molecule is COc1cc(-c2cc3cc(C(=O)O)ccc3n2C(=O)OC(C)(C)C)c2c(c1OS(C)(=O)=O)CNC2=O. The fourth-order valence-corrected chi connectivity index (χ4v) is 4.51. The van der Waals surface area contributed by atoms with E-state index in [2.05, 4.69) is 5.32 Å². The summed E-state index contributed by atoms with van der Waals surface area (Å²) in [7, 11) is -2.64. The van der Waals surface area contributed by atoms with Crippen molar-refractivity contribution in [2.75, 3.05) is 13.4 Å². The Morgan fingerprint density at radius 3 is 2.42 bits per heavy atom. The second-order valence-corrected chi connectivity index (χ2v) is 10.8. The Morgan fingerprint density at radius 2 is 1.83 bits per heavy atom. The highest BCUT2D eigenvalue weighted by Crippen LogP contribution is 2.44. The number of nitrogens with one attached hydrogen (secondary N) is 1. The second kappa shape index (κ2) is 8.55. The van der Waals surface area contributed by atoms with Crippen LogP contribution in [0.15, 0.2) is 30.3 Å². The number of nitrogens with zero attached hydrogens (tertiary/aromatic N) is 1. The number of hydrogen-bond acceptors (Lipinski definition) is 8. The van der Waals surface area contributed by atoms with E-state index in [4.69, 9.17) is 13.7 Å². The van der Waals surface area contributed by atoms with Crippen molar-refractivity contribution in [3.63, 3.8) is 0 Å². The average Bonchev–Trinajstić information content (AvgIpc) is 3.32. The lowest BCUT2D eigenvalue weighted by molar-refractivity contribution is 0.0546. The molecule has 1 aliphatic rings. The molecule has 0 fully saturated rings. The van der Waals surface area contributed by atoms with Crippen LogP contribution in [0.3, 0.4) is 0 Å². The minimum atomic E-state index is -3.96. The maximum Gasteiger partial charge on any atom is 0.419 e. The molecule has 1 aromatic heterocycles. The van der Waals surface area contributed by atoms with Gasteiger partial charge in [-0.05, 0) is 51.1 Å². The first-order valence-corrected chi connectivity index (χ1v) is 12.6. The molecule has 2 aromatic carbocycles. The van der Waals surface area contributed by atoms with Gasteiger partial charge in [-0.25, -0.2) is 14.2 Å². The molecule has 2 N–H and O–H groups in total. The van der Waals surface area contributed by atoms with Crippen LogP contribution < -0.4 is 14.2 Å². The summed E-state index contributed by atoms with van der Waals surface area (Å²) in [6.07, 6.45) is 0.121. The highest BCUT2D eigenvalue weighted by atomic mass is 32.2. The van der Waals surface area contributed by atoms with E-state index >= 15 is 0 Å². The first kappa shape index (κ1) is 25.0. The third kappa shape index (κ3) is 4.59. The standard InChI is InChI=1S/C24H24N2O9S/c1-24(2,3)34-23(30)26-16-7-6-12(22(28)29)8-13(16)9-17(26)14-10-18(33-4)20(35-36(5,31)32)15-11-25-21(27)19(14)15/h6-10H,11H2,1-5H3,(H,25,27)(H,28,29). The zero-order valence-corrected chi connectivity index (χ0v) is 21.0. The van der Waals surface area contributed by atoms with Crippen molar-refractivity contribution in [2.45, 2.75) is 32.9 Å². The number of methoxy groups -OCH3 is 1. The summed E-state index contributed by atoms with van der Waals surface area (Å²) in [6.45, 7) is 5.07. The Bertz CT molecular complexity index is 1550. The van der Waals surface area contributed by atoms with Gasteiger partial charge in [-0.1, -0.05) is 0 Å². The molecule has 190 valence electrons. The molecule has 0 saturated heterocycles. The molecule has 0 spiro atoms. The Balaban J connectivity index is 2.07. The van der Waals surface area contributed by atoms with E-state index in [0.29, 0.717) is 10.9 Å². The van der Waals surface area contributed by atoms with Gasteiger partial charge in [0.25, 0.3) is 5.91 Å². The number of carbonyl (C=O) groups is 3. The molecule has 4 rings (SSSR count). The highest BCUT2D eigenvalue weighted by Gasteiger charge is 2.34. The van der Waals surface area contributed by atoms with Crippen molar-refractivity contribution in [1.82, 2.24) is 9.88 Å². The number of amides is 1. The van der Waals surface area contributed by atoms with Gasteiger partial charge in [-0.15, -0.1) is 0 Å². The van der Waals surface area contributed by atoms with Gasteiger partial charge in [0.05, 0.1) is 35.7 Å². The van der Waals surface area contributed by atoms with E-state index in [9.17, 15) is 27.9 Å². The van der Waals surface area contributed by atoms with Crippen LogP contribution in [-0.4, -0.2) is 55.0 Å². The van der Waals surface area contributed by atoms with Crippen molar-refractivity contribution in [3.05, 3.63) is 47.0 Å². The summed E-state index contributed by atoms with van der Waals surface area (Å²) in [5.74, 6) is -1.76. The maximum atomic E-state index is 13.3. The first-order chi connectivity index (χ1) is 16.7.